The second-order valence-electron chi connectivity index (χ2n) is 4.23. The molecule has 102 valence electrons. The summed E-state index contributed by atoms with van der Waals surface area (Å²) in [6.45, 7) is 3.05. The van der Waals surface area contributed by atoms with E-state index in [1.165, 1.54) is 0 Å². The third kappa shape index (κ3) is 2.86. The van der Waals surface area contributed by atoms with E-state index in [0.29, 0.717) is 0 Å². The summed E-state index contributed by atoms with van der Waals surface area (Å²) in [6, 6.07) is 10.2. The number of thiazole rings is 1. The molecule has 2 heterocycles. The zero-order valence-corrected chi connectivity index (χ0v) is 12.7. The topological polar surface area (TPSA) is 50.7 Å². The van der Waals surface area contributed by atoms with Crippen molar-refractivity contribution in [1.29, 1.82) is 0 Å². The molecule has 20 heavy (non-hydrogen) atoms. The van der Waals surface area contributed by atoms with Gasteiger partial charge in [-0.25, -0.2) is 4.98 Å². The average Bonchev–Trinajstić information content (AvgIpc) is 3.15. The minimum absolute atomic E-state index is 0.872. The van der Waals surface area contributed by atoms with Gasteiger partial charge in [0.05, 0.1) is 4.88 Å². The van der Waals surface area contributed by atoms with E-state index in [9.17, 15) is 0 Å². The van der Waals surface area contributed by atoms with Gasteiger partial charge < -0.3 is 5.32 Å². The fourth-order valence-electron chi connectivity index (χ4n) is 1.71. The van der Waals surface area contributed by atoms with Gasteiger partial charge in [0, 0.05) is 18.3 Å². The second-order valence-corrected chi connectivity index (χ2v) is 6.24. The molecule has 0 fully saturated rings. The van der Waals surface area contributed by atoms with Gasteiger partial charge in [-0.05, 0) is 6.42 Å². The number of benzene rings is 1. The fourth-order valence-corrected chi connectivity index (χ4v) is 3.44. The van der Waals surface area contributed by atoms with Crippen LogP contribution in [0.2, 0.25) is 0 Å². The van der Waals surface area contributed by atoms with E-state index in [4.69, 9.17) is 0 Å². The standard InChI is InChI=1S/C14H14N4S2/c1-2-8-15-14-18-17-13(20-14)11-9-16-12(19-11)10-6-4-3-5-7-10/h3-7,9H,2,8H2,1H3,(H,15,18). The smallest absolute Gasteiger partial charge is 0.206 e. The van der Waals surface area contributed by atoms with E-state index in [1.807, 2.05) is 24.4 Å². The Morgan fingerprint density at radius 1 is 1.05 bits per heavy atom. The van der Waals surface area contributed by atoms with E-state index in [1.54, 1.807) is 22.7 Å². The van der Waals surface area contributed by atoms with Gasteiger partial charge in [-0.3, -0.25) is 0 Å². The molecule has 3 rings (SSSR count). The normalized spacial score (nSPS) is 10.7. The molecule has 1 N–H and O–H groups in total. The lowest BCUT2D eigenvalue weighted by Crippen LogP contribution is -1.98. The van der Waals surface area contributed by atoms with E-state index >= 15 is 0 Å². The van der Waals surface area contributed by atoms with Gasteiger partial charge in [-0.15, -0.1) is 21.5 Å². The van der Waals surface area contributed by atoms with Crippen LogP contribution in [0, 0.1) is 0 Å². The highest BCUT2D eigenvalue weighted by atomic mass is 32.1. The number of nitrogens with one attached hydrogen (secondary N) is 1. The van der Waals surface area contributed by atoms with E-state index in [-0.39, 0.29) is 0 Å². The molecule has 0 bridgehead atoms. The highest BCUT2D eigenvalue weighted by Gasteiger charge is 2.11. The summed E-state index contributed by atoms with van der Waals surface area (Å²) in [5, 5.41) is 14.4. The minimum Gasteiger partial charge on any atom is -0.360 e. The highest BCUT2D eigenvalue weighted by molar-refractivity contribution is 7.24. The zero-order valence-electron chi connectivity index (χ0n) is 11.0. The first kappa shape index (κ1) is 13.2. The Morgan fingerprint density at radius 2 is 1.90 bits per heavy atom. The van der Waals surface area contributed by atoms with Crippen molar-refractivity contribution in [2.24, 2.45) is 0 Å². The Hall–Kier alpha value is -1.79. The largest absolute Gasteiger partial charge is 0.360 e. The molecule has 0 radical (unpaired) electrons. The average molecular weight is 302 g/mol. The molecule has 3 aromatic rings. The first-order valence-electron chi connectivity index (χ1n) is 6.46. The molecule has 0 saturated heterocycles. The molecule has 0 aliphatic rings. The van der Waals surface area contributed by atoms with Crippen LogP contribution in [-0.4, -0.2) is 21.7 Å². The van der Waals surface area contributed by atoms with Gasteiger partial charge >= 0.3 is 0 Å². The van der Waals surface area contributed by atoms with Crippen molar-refractivity contribution in [3.05, 3.63) is 36.5 Å². The van der Waals surface area contributed by atoms with Crippen LogP contribution in [-0.2, 0) is 0 Å². The highest BCUT2D eigenvalue weighted by Crippen LogP contribution is 2.34. The Morgan fingerprint density at radius 3 is 2.70 bits per heavy atom. The van der Waals surface area contributed by atoms with Crippen LogP contribution in [0.4, 0.5) is 5.13 Å². The van der Waals surface area contributed by atoms with Crippen LogP contribution < -0.4 is 5.32 Å². The van der Waals surface area contributed by atoms with Crippen LogP contribution in [0.5, 0.6) is 0 Å². The maximum Gasteiger partial charge on any atom is 0.206 e. The molecule has 4 nitrogen and oxygen atoms in total. The van der Waals surface area contributed by atoms with Crippen molar-refractivity contribution >= 4 is 27.8 Å². The molecule has 0 saturated carbocycles. The van der Waals surface area contributed by atoms with E-state index in [2.05, 4.69) is 39.6 Å². The summed E-state index contributed by atoms with van der Waals surface area (Å²) in [7, 11) is 0. The van der Waals surface area contributed by atoms with E-state index in [0.717, 1.165) is 38.6 Å². The summed E-state index contributed by atoms with van der Waals surface area (Å²) in [4.78, 5) is 5.53. The Labute approximate surface area is 125 Å². The van der Waals surface area contributed by atoms with Crippen molar-refractivity contribution < 1.29 is 0 Å². The molecule has 0 aliphatic heterocycles. The lowest BCUT2D eigenvalue weighted by molar-refractivity contribution is 0.964. The van der Waals surface area contributed by atoms with Gasteiger partial charge in [0.25, 0.3) is 0 Å². The van der Waals surface area contributed by atoms with Crippen LogP contribution >= 0.6 is 22.7 Å². The summed E-state index contributed by atoms with van der Waals surface area (Å²) < 4.78 is 0. The molecular weight excluding hydrogens is 288 g/mol. The third-order valence-electron chi connectivity index (χ3n) is 2.69. The van der Waals surface area contributed by atoms with Crippen molar-refractivity contribution in [3.63, 3.8) is 0 Å². The van der Waals surface area contributed by atoms with Gasteiger partial charge in [0.2, 0.25) is 5.13 Å². The summed E-state index contributed by atoms with van der Waals surface area (Å²) in [5.74, 6) is 0. The van der Waals surface area contributed by atoms with Crippen molar-refractivity contribution in [2.75, 3.05) is 11.9 Å². The maximum atomic E-state index is 4.47. The second kappa shape index (κ2) is 6.11. The fraction of sp³-hybridized carbons (Fsp3) is 0.214. The third-order valence-corrected chi connectivity index (χ3v) is 4.79. The summed E-state index contributed by atoms with van der Waals surface area (Å²) in [5.41, 5.74) is 1.14. The van der Waals surface area contributed by atoms with Gasteiger partial charge in [0.1, 0.15) is 5.01 Å². The predicted molar refractivity (Wildman–Crippen MR) is 85.2 cm³/mol. The molecule has 0 aliphatic carbocycles. The number of rotatable bonds is 5. The Bertz CT molecular complexity index is 675. The molecule has 2 aromatic heterocycles. The molecule has 0 atom stereocenters. The quantitative estimate of drug-likeness (QED) is 0.769. The molecule has 0 unspecified atom stereocenters. The molecule has 1 aromatic carbocycles. The molecule has 0 amide bonds. The summed E-state index contributed by atoms with van der Waals surface area (Å²) >= 11 is 3.22. The number of hydrogen-bond acceptors (Lipinski definition) is 6. The number of hydrogen-bond donors (Lipinski definition) is 1. The monoisotopic (exact) mass is 302 g/mol. The lowest BCUT2D eigenvalue weighted by atomic mass is 10.2. The first-order chi connectivity index (χ1) is 9.86. The number of nitrogens with zero attached hydrogens (tertiary/aromatic N) is 3. The van der Waals surface area contributed by atoms with Gasteiger partial charge in [0.15, 0.2) is 5.01 Å². The Balaban J connectivity index is 1.81. The van der Waals surface area contributed by atoms with Gasteiger partial charge in [-0.2, -0.15) is 0 Å². The van der Waals surface area contributed by atoms with Crippen molar-refractivity contribution in [1.82, 2.24) is 15.2 Å². The summed E-state index contributed by atoms with van der Waals surface area (Å²) in [6.07, 6.45) is 2.95. The first-order valence-corrected chi connectivity index (χ1v) is 8.09. The molecule has 0 spiro atoms. The zero-order chi connectivity index (χ0) is 13.8. The van der Waals surface area contributed by atoms with Crippen LogP contribution in [0.15, 0.2) is 36.5 Å². The minimum atomic E-state index is 0.872. The predicted octanol–water partition coefficient (Wildman–Crippen LogP) is 4.15. The Kier molecular flexibility index (Phi) is 4.03. The van der Waals surface area contributed by atoms with Crippen molar-refractivity contribution in [2.45, 2.75) is 13.3 Å². The maximum absolute atomic E-state index is 4.47. The molecular formula is C14H14N4S2. The number of aromatic nitrogens is 3. The van der Waals surface area contributed by atoms with Crippen molar-refractivity contribution in [3.8, 4) is 20.5 Å². The van der Waals surface area contributed by atoms with Crippen LogP contribution in [0.25, 0.3) is 20.5 Å². The SMILES string of the molecule is CCCNc1nnc(-c2cnc(-c3ccccc3)s2)s1. The lowest BCUT2D eigenvalue weighted by Gasteiger charge is -1.95. The van der Waals surface area contributed by atoms with Gasteiger partial charge in [-0.1, -0.05) is 48.6 Å². The van der Waals surface area contributed by atoms with Crippen LogP contribution in [0.1, 0.15) is 13.3 Å². The molecule has 6 heteroatoms. The number of anilines is 1. The van der Waals surface area contributed by atoms with E-state index < -0.39 is 0 Å². The van der Waals surface area contributed by atoms with Crippen LogP contribution in [0.3, 0.4) is 0 Å².